The Balaban J connectivity index is 2.64. The molecule has 0 aliphatic carbocycles. The number of halogens is 2. The van der Waals surface area contributed by atoms with Crippen molar-refractivity contribution in [3.8, 4) is 5.69 Å². The molecule has 0 saturated carbocycles. The summed E-state index contributed by atoms with van der Waals surface area (Å²) in [7, 11) is 0. The van der Waals surface area contributed by atoms with E-state index in [-0.39, 0.29) is 22.1 Å². The number of nitrogens with zero attached hydrogens (tertiary/aromatic N) is 1. The average Bonchev–Trinajstić information content (AvgIpc) is 2.64. The number of aromatic amines is 1. The summed E-state index contributed by atoms with van der Waals surface area (Å²) in [5, 5.41) is 13.4. The van der Waals surface area contributed by atoms with Gasteiger partial charge in [-0.1, -0.05) is 23.2 Å². The van der Waals surface area contributed by atoms with Crippen LogP contribution in [0.15, 0.2) is 29.1 Å². The van der Waals surface area contributed by atoms with E-state index in [1.807, 2.05) is 0 Å². The quantitative estimate of drug-likeness (QED) is 0.671. The topological polar surface area (TPSA) is 75.1 Å². The third-order valence-electron chi connectivity index (χ3n) is 2.82. The number of hydrogen-bond acceptors (Lipinski definition) is 3. The maximum absolute atomic E-state index is 12.4. The van der Waals surface area contributed by atoms with Crippen molar-refractivity contribution in [3.63, 3.8) is 0 Å². The summed E-state index contributed by atoms with van der Waals surface area (Å²) in [5.74, 6) is -0.742. The van der Waals surface area contributed by atoms with Crippen LogP contribution in [-0.4, -0.2) is 20.7 Å². The predicted octanol–water partition coefficient (Wildman–Crippen LogP) is 3.27. The van der Waals surface area contributed by atoms with Gasteiger partial charge in [0.05, 0.1) is 10.7 Å². The molecule has 0 unspecified atom stereocenters. The second-order valence-corrected chi connectivity index (χ2v) is 5.33. The lowest BCUT2D eigenvalue weighted by molar-refractivity contribution is -0.112. The number of aryl methyl sites for hydroxylation is 1. The van der Waals surface area contributed by atoms with Gasteiger partial charge in [-0.05, 0) is 32.0 Å². The minimum absolute atomic E-state index is 0.0243. The molecule has 0 spiro atoms. The van der Waals surface area contributed by atoms with Crippen molar-refractivity contribution in [2.24, 2.45) is 0 Å². The van der Waals surface area contributed by atoms with Gasteiger partial charge in [-0.2, -0.15) is 0 Å². The second kappa shape index (κ2) is 5.79. The fourth-order valence-electron chi connectivity index (χ4n) is 1.95. The number of ketones is 1. The maximum Gasteiger partial charge on any atom is 0.282 e. The van der Waals surface area contributed by atoms with Gasteiger partial charge < -0.3 is 5.11 Å². The van der Waals surface area contributed by atoms with Crippen molar-refractivity contribution < 1.29 is 9.90 Å². The number of aromatic nitrogens is 2. The van der Waals surface area contributed by atoms with Crippen LogP contribution in [0.1, 0.15) is 18.2 Å². The van der Waals surface area contributed by atoms with Crippen molar-refractivity contribution in [1.82, 2.24) is 9.78 Å². The lowest BCUT2D eigenvalue weighted by atomic mass is 10.2. The Bertz CT molecular complexity index is 803. The number of benzene rings is 1. The molecule has 1 heterocycles. The van der Waals surface area contributed by atoms with E-state index in [2.05, 4.69) is 5.10 Å². The predicted molar refractivity (Wildman–Crippen MR) is 82.4 cm³/mol. The molecule has 0 aliphatic rings. The van der Waals surface area contributed by atoms with Gasteiger partial charge in [0.15, 0.2) is 5.78 Å². The number of aliphatic hydroxyl groups excluding tert-OH is 1. The number of nitrogens with one attached hydrogen (secondary N) is 1. The van der Waals surface area contributed by atoms with E-state index in [1.54, 1.807) is 19.1 Å². The molecule has 0 fully saturated rings. The summed E-state index contributed by atoms with van der Waals surface area (Å²) < 4.78 is 1.19. The lowest BCUT2D eigenvalue weighted by Crippen LogP contribution is -2.17. The number of allylic oxidation sites excluding steroid dienone is 1. The molecule has 1 aromatic carbocycles. The molecule has 0 aliphatic heterocycles. The Labute approximate surface area is 130 Å². The molecular weight excluding hydrogens is 315 g/mol. The first-order valence-electron chi connectivity index (χ1n) is 6.00. The van der Waals surface area contributed by atoms with Crippen LogP contribution in [0.25, 0.3) is 11.4 Å². The standard InChI is InChI=1S/C14H12Cl2N2O3/c1-7(19)5-12(20)13-8(2)17-18(14(13)21)11-4-3-9(15)6-10(11)16/h3-6,17,20H,1-2H3. The smallest absolute Gasteiger partial charge is 0.282 e. The zero-order chi connectivity index (χ0) is 15.7. The van der Waals surface area contributed by atoms with Crippen LogP contribution in [-0.2, 0) is 4.79 Å². The van der Waals surface area contributed by atoms with E-state index in [0.29, 0.717) is 16.4 Å². The first-order valence-corrected chi connectivity index (χ1v) is 6.75. The van der Waals surface area contributed by atoms with E-state index in [1.165, 1.54) is 17.7 Å². The zero-order valence-electron chi connectivity index (χ0n) is 11.3. The molecule has 2 rings (SSSR count). The van der Waals surface area contributed by atoms with Crippen LogP contribution in [0.5, 0.6) is 0 Å². The highest BCUT2D eigenvalue weighted by Crippen LogP contribution is 2.24. The average molecular weight is 327 g/mol. The fourth-order valence-corrected chi connectivity index (χ4v) is 2.44. The van der Waals surface area contributed by atoms with E-state index in [4.69, 9.17) is 23.2 Å². The lowest BCUT2D eigenvalue weighted by Gasteiger charge is -2.04. The summed E-state index contributed by atoms with van der Waals surface area (Å²) >= 11 is 11.9. The molecule has 7 heteroatoms. The maximum atomic E-state index is 12.4. The zero-order valence-corrected chi connectivity index (χ0v) is 12.8. The Kier molecular flexibility index (Phi) is 4.25. The van der Waals surface area contributed by atoms with Crippen molar-refractivity contribution >= 4 is 34.7 Å². The normalized spacial score (nSPS) is 11.7. The van der Waals surface area contributed by atoms with Gasteiger partial charge in [-0.15, -0.1) is 0 Å². The van der Waals surface area contributed by atoms with Crippen molar-refractivity contribution in [1.29, 1.82) is 0 Å². The third kappa shape index (κ3) is 3.04. The van der Waals surface area contributed by atoms with Gasteiger partial charge in [-0.3, -0.25) is 14.7 Å². The molecule has 1 aromatic heterocycles. The van der Waals surface area contributed by atoms with Gasteiger partial charge in [0, 0.05) is 16.8 Å². The van der Waals surface area contributed by atoms with Crippen molar-refractivity contribution in [3.05, 3.63) is 55.9 Å². The van der Waals surface area contributed by atoms with E-state index >= 15 is 0 Å². The molecule has 5 nitrogen and oxygen atoms in total. The van der Waals surface area contributed by atoms with Crippen LogP contribution < -0.4 is 5.56 Å². The Morgan fingerprint density at radius 2 is 2.05 bits per heavy atom. The van der Waals surface area contributed by atoms with Gasteiger partial charge in [0.1, 0.15) is 11.3 Å². The summed E-state index contributed by atoms with van der Waals surface area (Å²) in [4.78, 5) is 23.4. The van der Waals surface area contributed by atoms with Crippen LogP contribution >= 0.6 is 23.2 Å². The SMILES string of the molecule is CC(=O)C=C(O)c1c(C)[nH]n(-c2ccc(Cl)cc2Cl)c1=O. The highest BCUT2D eigenvalue weighted by Gasteiger charge is 2.17. The molecule has 0 atom stereocenters. The first-order chi connectivity index (χ1) is 9.81. The summed E-state index contributed by atoms with van der Waals surface area (Å²) in [6, 6.07) is 4.68. The van der Waals surface area contributed by atoms with E-state index in [9.17, 15) is 14.7 Å². The Hall–Kier alpha value is -1.98. The third-order valence-corrected chi connectivity index (χ3v) is 3.36. The van der Waals surface area contributed by atoms with Crippen molar-refractivity contribution in [2.45, 2.75) is 13.8 Å². The van der Waals surface area contributed by atoms with Crippen molar-refractivity contribution in [2.75, 3.05) is 0 Å². The van der Waals surface area contributed by atoms with E-state index < -0.39 is 5.56 Å². The number of carbonyl (C=O) groups excluding carboxylic acids is 1. The fraction of sp³-hybridized carbons (Fsp3) is 0.143. The molecule has 21 heavy (non-hydrogen) atoms. The molecule has 2 aromatic rings. The first kappa shape index (κ1) is 15.4. The minimum atomic E-state index is -0.508. The number of aliphatic hydroxyl groups is 1. The number of hydrogen-bond donors (Lipinski definition) is 2. The Morgan fingerprint density at radius 3 is 2.62 bits per heavy atom. The van der Waals surface area contributed by atoms with Gasteiger partial charge in [-0.25, -0.2) is 4.68 Å². The second-order valence-electron chi connectivity index (χ2n) is 4.49. The van der Waals surface area contributed by atoms with Gasteiger partial charge in [0.25, 0.3) is 5.56 Å². The van der Waals surface area contributed by atoms with Gasteiger partial charge in [0.2, 0.25) is 0 Å². The minimum Gasteiger partial charge on any atom is -0.507 e. The molecule has 0 saturated heterocycles. The largest absolute Gasteiger partial charge is 0.507 e. The highest BCUT2D eigenvalue weighted by atomic mass is 35.5. The summed E-state index contributed by atoms with van der Waals surface area (Å²) in [5.41, 5.74) is 0.333. The highest BCUT2D eigenvalue weighted by molar-refractivity contribution is 6.35. The van der Waals surface area contributed by atoms with Crippen LogP contribution in [0, 0.1) is 6.92 Å². The molecule has 0 radical (unpaired) electrons. The van der Waals surface area contributed by atoms with E-state index in [0.717, 1.165) is 6.08 Å². The molecule has 0 bridgehead atoms. The van der Waals surface area contributed by atoms with Crippen LogP contribution in [0.2, 0.25) is 10.0 Å². The molecule has 2 N–H and O–H groups in total. The number of carbonyl (C=O) groups is 1. The van der Waals surface area contributed by atoms with Gasteiger partial charge >= 0.3 is 0 Å². The summed E-state index contributed by atoms with van der Waals surface area (Å²) in [6.45, 7) is 2.90. The number of rotatable bonds is 3. The van der Waals surface area contributed by atoms with Crippen LogP contribution in [0.3, 0.4) is 0 Å². The van der Waals surface area contributed by atoms with Crippen LogP contribution in [0.4, 0.5) is 0 Å². The molecule has 0 amide bonds. The molecular formula is C14H12Cl2N2O3. The Morgan fingerprint density at radius 1 is 1.38 bits per heavy atom. The molecule has 110 valence electrons. The monoisotopic (exact) mass is 326 g/mol. The summed E-state index contributed by atoms with van der Waals surface area (Å²) in [6.07, 6.45) is 0.991. The number of H-pyrrole nitrogens is 1.